The van der Waals surface area contributed by atoms with Gasteiger partial charge in [0.15, 0.2) is 0 Å². The molecule has 0 fully saturated rings. The minimum atomic E-state index is -4.15. The van der Waals surface area contributed by atoms with Gasteiger partial charge < -0.3 is 14.7 Å². The zero-order valence-electron chi connectivity index (χ0n) is 13.7. The van der Waals surface area contributed by atoms with Crippen molar-refractivity contribution in [1.29, 1.82) is 0 Å². The summed E-state index contributed by atoms with van der Waals surface area (Å²) in [6, 6.07) is 11.9. The highest BCUT2D eigenvalue weighted by atomic mass is 32.2. The molecule has 130 valence electrons. The fourth-order valence-electron chi connectivity index (χ4n) is 2.63. The van der Waals surface area contributed by atoms with Crippen molar-refractivity contribution in [3.8, 4) is 5.75 Å². The first-order chi connectivity index (χ1) is 11.9. The van der Waals surface area contributed by atoms with E-state index in [9.17, 15) is 18.5 Å². The Labute approximate surface area is 144 Å². The van der Waals surface area contributed by atoms with Crippen molar-refractivity contribution in [2.24, 2.45) is 0 Å². The summed E-state index contributed by atoms with van der Waals surface area (Å²) in [5, 5.41) is 11.9. The Bertz CT molecular complexity index is 1110. The summed E-state index contributed by atoms with van der Waals surface area (Å²) < 4.78 is 31.8. The van der Waals surface area contributed by atoms with Crippen LogP contribution in [-0.2, 0) is 9.84 Å². The molecule has 2 aromatic carbocycles. The summed E-state index contributed by atoms with van der Waals surface area (Å²) in [5.74, 6) is 0.381. The van der Waals surface area contributed by atoms with E-state index in [4.69, 9.17) is 4.74 Å². The molecule has 0 saturated heterocycles. The predicted octanol–water partition coefficient (Wildman–Crippen LogP) is 2.44. The largest absolute Gasteiger partial charge is 0.805 e. The molecule has 0 N–H and O–H groups in total. The lowest BCUT2D eigenvalue weighted by Gasteiger charge is -2.16. The third kappa shape index (κ3) is 2.74. The minimum Gasteiger partial charge on any atom is -0.805 e. The Kier molecular flexibility index (Phi) is 4.22. The summed E-state index contributed by atoms with van der Waals surface area (Å²) in [6.07, 6.45) is 0. The van der Waals surface area contributed by atoms with Crippen molar-refractivity contribution < 1.29 is 17.6 Å². The second-order valence-electron chi connectivity index (χ2n) is 5.38. The van der Waals surface area contributed by atoms with Crippen LogP contribution < -0.4 is 9.16 Å². The lowest BCUT2D eigenvalue weighted by molar-refractivity contribution is -0.512. The van der Waals surface area contributed by atoms with Gasteiger partial charge in [-0.25, -0.2) is 8.42 Å². The van der Waals surface area contributed by atoms with E-state index < -0.39 is 14.9 Å². The number of benzene rings is 2. The molecule has 1 aromatic heterocycles. The van der Waals surface area contributed by atoms with E-state index in [-0.39, 0.29) is 26.1 Å². The first-order valence-corrected chi connectivity index (χ1v) is 9.08. The molecule has 8 heteroatoms. The molecular weight excluding hydrogens is 344 g/mol. The lowest BCUT2D eigenvalue weighted by atomic mass is 10.2. The van der Waals surface area contributed by atoms with Gasteiger partial charge >= 0.3 is 5.03 Å². The Morgan fingerprint density at radius 3 is 2.48 bits per heavy atom. The summed E-state index contributed by atoms with van der Waals surface area (Å²) in [5.41, 5.74) is -0.181. The minimum absolute atomic E-state index is 0.0528. The number of sulfone groups is 1. The molecule has 0 radical (unpaired) electrons. The van der Waals surface area contributed by atoms with Crippen LogP contribution in [0.1, 0.15) is 12.6 Å². The molecule has 25 heavy (non-hydrogen) atoms. The van der Waals surface area contributed by atoms with Crippen LogP contribution >= 0.6 is 0 Å². The number of fused-ring (bicyclic) bond motifs is 1. The highest BCUT2D eigenvalue weighted by Gasteiger charge is 2.34. The highest BCUT2D eigenvalue weighted by Crippen LogP contribution is 2.25. The van der Waals surface area contributed by atoms with Crippen LogP contribution in [0, 0.1) is 17.0 Å². The second-order valence-corrected chi connectivity index (χ2v) is 7.24. The normalized spacial score (nSPS) is 11.6. The van der Waals surface area contributed by atoms with Crippen LogP contribution in [0.4, 0.5) is 0 Å². The fraction of sp³-hybridized carbons (Fsp3) is 0.176. The Morgan fingerprint density at radius 2 is 1.84 bits per heavy atom. The summed E-state index contributed by atoms with van der Waals surface area (Å²) in [6.45, 7) is 3.47. The van der Waals surface area contributed by atoms with Gasteiger partial charge in [0.1, 0.15) is 17.0 Å². The van der Waals surface area contributed by atoms with Gasteiger partial charge in [0.05, 0.1) is 22.0 Å². The van der Waals surface area contributed by atoms with Gasteiger partial charge in [0.25, 0.3) is 15.4 Å². The molecule has 1 heterocycles. The van der Waals surface area contributed by atoms with Crippen molar-refractivity contribution in [1.82, 2.24) is 4.73 Å². The molecule has 0 spiro atoms. The van der Waals surface area contributed by atoms with Crippen LogP contribution in [0.3, 0.4) is 0 Å². The van der Waals surface area contributed by atoms with E-state index in [1.54, 1.807) is 31.2 Å². The standard InChI is InChI=1S/C17H16N2O5S/c1-3-24-13-9-10-15-16(11-13)19(21)17(12(2)18(15)20)25(22,23)14-7-5-4-6-8-14/h4-11H,3H2,1-2H3. The molecule has 0 aliphatic carbocycles. The molecule has 7 nitrogen and oxygen atoms in total. The van der Waals surface area contributed by atoms with Crippen molar-refractivity contribution in [3.63, 3.8) is 0 Å². The number of ether oxygens (including phenoxy) is 1. The fourth-order valence-corrected chi connectivity index (χ4v) is 4.16. The van der Waals surface area contributed by atoms with Gasteiger partial charge in [-0.1, -0.05) is 18.2 Å². The van der Waals surface area contributed by atoms with E-state index >= 15 is 0 Å². The monoisotopic (exact) mass is 360 g/mol. The maximum absolute atomic E-state index is 12.9. The topological polar surface area (TPSA) is 94.3 Å². The Hall–Kier alpha value is -2.87. The van der Waals surface area contributed by atoms with E-state index in [0.29, 0.717) is 17.1 Å². The third-order valence-electron chi connectivity index (χ3n) is 3.80. The molecule has 0 amide bonds. The number of hydrogen-bond donors (Lipinski definition) is 0. The van der Waals surface area contributed by atoms with Crippen molar-refractivity contribution in [2.45, 2.75) is 23.8 Å². The van der Waals surface area contributed by atoms with Crippen molar-refractivity contribution in [2.75, 3.05) is 6.61 Å². The smallest absolute Gasteiger partial charge is 0.376 e. The molecule has 0 unspecified atom stereocenters. The summed E-state index contributed by atoms with van der Waals surface area (Å²) in [4.78, 5) is 12.8. The summed E-state index contributed by atoms with van der Waals surface area (Å²) >= 11 is 0. The molecule has 3 rings (SSSR count). The molecule has 0 saturated carbocycles. The highest BCUT2D eigenvalue weighted by molar-refractivity contribution is 7.91. The second kappa shape index (κ2) is 6.21. The van der Waals surface area contributed by atoms with Crippen molar-refractivity contribution >= 4 is 20.9 Å². The number of rotatable bonds is 4. The van der Waals surface area contributed by atoms with E-state index in [1.807, 2.05) is 0 Å². The molecular formula is C17H16N2O5S. The van der Waals surface area contributed by atoms with Crippen LogP contribution in [0.2, 0.25) is 0 Å². The lowest BCUT2D eigenvalue weighted by Crippen LogP contribution is -2.30. The molecule has 0 aliphatic heterocycles. The molecule has 3 aromatic rings. The zero-order chi connectivity index (χ0) is 18.2. The number of aromatic nitrogens is 2. The Balaban J connectivity index is 2.38. The zero-order valence-corrected chi connectivity index (χ0v) is 14.5. The van der Waals surface area contributed by atoms with Crippen LogP contribution in [0.15, 0.2) is 58.5 Å². The molecule has 0 aliphatic rings. The van der Waals surface area contributed by atoms with Gasteiger partial charge in [-0.3, -0.25) is 0 Å². The van der Waals surface area contributed by atoms with Crippen LogP contribution in [-0.4, -0.2) is 19.8 Å². The van der Waals surface area contributed by atoms with Gasteiger partial charge in [-0.05, 0) is 38.1 Å². The van der Waals surface area contributed by atoms with Crippen LogP contribution in [0.25, 0.3) is 11.0 Å². The van der Waals surface area contributed by atoms with Gasteiger partial charge in [0.2, 0.25) is 0 Å². The van der Waals surface area contributed by atoms with E-state index in [1.165, 1.54) is 31.2 Å². The quantitative estimate of drug-likeness (QED) is 0.666. The molecule has 0 bridgehead atoms. The first-order valence-electron chi connectivity index (χ1n) is 7.60. The predicted molar refractivity (Wildman–Crippen MR) is 91.9 cm³/mol. The SMILES string of the molecule is CCOc1ccc2c(c1)[n+](=O)c(S(=O)(=O)c1ccccc1)c(C)n2[O-]. The van der Waals surface area contributed by atoms with Crippen LogP contribution in [0.5, 0.6) is 5.75 Å². The average molecular weight is 360 g/mol. The van der Waals surface area contributed by atoms with E-state index in [2.05, 4.69) is 0 Å². The number of nitrogens with zero attached hydrogens (tertiary/aromatic N) is 2. The first kappa shape index (κ1) is 17.0. The Morgan fingerprint density at radius 1 is 1.16 bits per heavy atom. The van der Waals surface area contributed by atoms with Crippen molar-refractivity contribution in [3.05, 3.63) is 64.3 Å². The van der Waals surface area contributed by atoms with E-state index in [0.717, 1.165) is 0 Å². The number of hydrogen-bond acceptors (Lipinski definition) is 5. The van der Waals surface area contributed by atoms with Gasteiger partial charge in [-0.2, -0.15) is 0 Å². The average Bonchev–Trinajstić information content (AvgIpc) is 2.61. The maximum Gasteiger partial charge on any atom is 0.376 e. The third-order valence-corrected chi connectivity index (χ3v) is 5.67. The summed E-state index contributed by atoms with van der Waals surface area (Å²) in [7, 11) is -4.15. The maximum atomic E-state index is 12.9. The van der Waals surface area contributed by atoms with Gasteiger partial charge in [0, 0.05) is 4.91 Å². The van der Waals surface area contributed by atoms with Gasteiger partial charge in [-0.15, -0.1) is 0 Å². The molecule has 0 atom stereocenters.